The van der Waals surface area contributed by atoms with Gasteiger partial charge in [-0.05, 0) is 44.4 Å². The summed E-state index contributed by atoms with van der Waals surface area (Å²) in [4.78, 5) is 15.5. The van der Waals surface area contributed by atoms with Gasteiger partial charge < -0.3 is 14.6 Å². The average Bonchev–Trinajstić information content (AvgIpc) is 3.23. The molecule has 1 aromatic carbocycles. The van der Waals surface area contributed by atoms with Crippen molar-refractivity contribution >= 4 is 11.8 Å². The fourth-order valence-corrected chi connectivity index (χ4v) is 2.81. The van der Waals surface area contributed by atoms with E-state index in [2.05, 4.69) is 25.2 Å². The molecule has 138 valence electrons. The van der Waals surface area contributed by atoms with E-state index in [1.54, 1.807) is 30.8 Å². The van der Waals surface area contributed by atoms with Crippen molar-refractivity contribution in [1.29, 1.82) is 0 Å². The second kappa shape index (κ2) is 7.16. The minimum Gasteiger partial charge on any atom is -0.432 e. The maximum atomic E-state index is 13.3. The SMILES string of the molecule is CN(C)CCNc1nccc(-c2c(-c3ccc(F)cc3)nc3occn23)n1. The van der Waals surface area contributed by atoms with E-state index in [4.69, 9.17) is 4.42 Å². The van der Waals surface area contributed by atoms with Crippen molar-refractivity contribution in [3.05, 3.63) is 54.8 Å². The molecule has 0 fully saturated rings. The van der Waals surface area contributed by atoms with E-state index in [0.717, 1.165) is 24.3 Å². The van der Waals surface area contributed by atoms with Crippen LogP contribution in [0.4, 0.5) is 10.3 Å². The summed E-state index contributed by atoms with van der Waals surface area (Å²) in [7, 11) is 4.02. The van der Waals surface area contributed by atoms with Crippen LogP contribution in [0.25, 0.3) is 28.5 Å². The zero-order chi connectivity index (χ0) is 18.8. The Labute approximate surface area is 155 Å². The standard InChI is InChI=1S/C19H19FN6O/c1-25(2)10-9-22-18-21-8-7-15(23-18)17-16(13-3-5-14(20)6-4-13)24-19-26(17)11-12-27-19/h3-8,11-12H,9-10H2,1-2H3,(H,21,22,23). The molecule has 8 heteroatoms. The number of oxazole rings is 1. The molecule has 0 bridgehead atoms. The number of fused-ring (bicyclic) bond motifs is 1. The van der Waals surface area contributed by atoms with Crippen LogP contribution in [0, 0.1) is 5.82 Å². The number of nitrogens with zero attached hydrogens (tertiary/aromatic N) is 5. The molecule has 3 heterocycles. The third-order valence-corrected chi connectivity index (χ3v) is 4.12. The number of rotatable bonds is 6. The van der Waals surface area contributed by atoms with Crippen LogP contribution in [-0.2, 0) is 0 Å². The summed E-state index contributed by atoms with van der Waals surface area (Å²) >= 11 is 0. The van der Waals surface area contributed by atoms with Crippen LogP contribution in [0.15, 0.2) is 53.4 Å². The normalized spacial score (nSPS) is 11.4. The third kappa shape index (κ3) is 3.52. The Kier molecular flexibility index (Phi) is 4.55. The molecular formula is C19H19FN6O. The lowest BCUT2D eigenvalue weighted by Gasteiger charge is -2.11. The first-order chi connectivity index (χ1) is 13.1. The van der Waals surface area contributed by atoms with Crippen LogP contribution >= 0.6 is 0 Å². The molecule has 0 spiro atoms. The molecule has 4 rings (SSSR count). The van der Waals surface area contributed by atoms with Gasteiger partial charge in [-0.3, -0.25) is 4.40 Å². The predicted octanol–water partition coefficient (Wildman–Crippen LogP) is 3.16. The van der Waals surface area contributed by atoms with E-state index in [0.29, 0.717) is 23.2 Å². The summed E-state index contributed by atoms with van der Waals surface area (Å²) in [5.74, 6) is 0.695. The van der Waals surface area contributed by atoms with Gasteiger partial charge in [-0.2, -0.15) is 4.98 Å². The number of halogens is 1. The summed E-state index contributed by atoms with van der Waals surface area (Å²) in [5.41, 5.74) is 2.92. The highest BCUT2D eigenvalue weighted by Crippen LogP contribution is 2.32. The van der Waals surface area contributed by atoms with Crippen LogP contribution in [0.5, 0.6) is 0 Å². The highest BCUT2D eigenvalue weighted by atomic mass is 19.1. The van der Waals surface area contributed by atoms with Gasteiger partial charge in [0.2, 0.25) is 5.95 Å². The van der Waals surface area contributed by atoms with Gasteiger partial charge in [-0.15, -0.1) is 0 Å². The van der Waals surface area contributed by atoms with Gasteiger partial charge in [-0.1, -0.05) is 0 Å². The van der Waals surface area contributed by atoms with E-state index >= 15 is 0 Å². The van der Waals surface area contributed by atoms with Crippen molar-refractivity contribution in [1.82, 2.24) is 24.3 Å². The summed E-state index contributed by atoms with van der Waals surface area (Å²) in [6.45, 7) is 1.60. The first kappa shape index (κ1) is 17.2. The molecule has 0 saturated carbocycles. The van der Waals surface area contributed by atoms with Gasteiger partial charge in [0, 0.05) is 31.0 Å². The minimum atomic E-state index is -0.294. The predicted molar refractivity (Wildman–Crippen MR) is 101 cm³/mol. The van der Waals surface area contributed by atoms with Gasteiger partial charge >= 0.3 is 5.84 Å². The monoisotopic (exact) mass is 366 g/mol. The number of benzene rings is 1. The molecule has 4 aromatic rings. The van der Waals surface area contributed by atoms with E-state index in [-0.39, 0.29) is 5.82 Å². The van der Waals surface area contributed by atoms with Crippen molar-refractivity contribution in [2.24, 2.45) is 0 Å². The zero-order valence-corrected chi connectivity index (χ0v) is 15.1. The Morgan fingerprint density at radius 3 is 2.74 bits per heavy atom. The fourth-order valence-electron chi connectivity index (χ4n) is 2.81. The van der Waals surface area contributed by atoms with Crippen LogP contribution in [0.1, 0.15) is 0 Å². The lowest BCUT2D eigenvalue weighted by molar-refractivity contribution is 0.425. The van der Waals surface area contributed by atoms with Crippen LogP contribution in [0.3, 0.4) is 0 Å². The highest BCUT2D eigenvalue weighted by molar-refractivity contribution is 5.79. The van der Waals surface area contributed by atoms with Crippen molar-refractivity contribution in [3.63, 3.8) is 0 Å². The Hall–Kier alpha value is -3.26. The smallest absolute Gasteiger partial charge is 0.306 e. The second-order valence-corrected chi connectivity index (χ2v) is 6.37. The molecule has 0 atom stereocenters. The number of imidazole rings is 1. The quantitative estimate of drug-likeness (QED) is 0.565. The van der Waals surface area contributed by atoms with Gasteiger partial charge in [0.1, 0.15) is 23.5 Å². The second-order valence-electron chi connectivity index (χ2n) is 6.37. The molecule has 0 aliphatic heterocycles. The average molecular weight is 366 g/mol. The van der Waals surface area contributed by atoms with Crippen molar-refractivity contribution in [2.45, 2.75) is 0 Å². The number of likely N-dealkylation sites (N-methyl/N-ethyl adjacent to an activating group) is 1. The first-order valence-corrected chi connectivity index (χ1v) is 8.55. The summed E-state index contributed by atoms with van der Waals surface area (Å²) < 4.78 is 20.6. The molecule has 0 radical (unpaired) electrons. The Morgan fingerprint density at radius 2 is 1.96 bits per heavy atom. The molecule has 0 aliphatic carbocycles. The lowest BCUT2D eigenvalue weighted by atomic mass is 10.1. The highest BCUT2D eigenvalue weighted by Gasteiger charge is 2.19. The van der Waals surface area contributed by atoms with E-state index in [1.165, 1.54) is 12.1 Å². The van der Waals surface area contributed by atoms with Gasteiger partial charge in [0.25, 0.3) is 0 Å². The Balaban J connectivity index is 1.75. The zero-order valence-electron chi connectivity index (χ0n) is 15.1. The maximum absolute atomic E-state index is 13.3. The van der Waals surface area contributed by atoms with Crippen LogP contribution in [0.2, 0.25) is 0 Å². The largest absolute Gasteiger partial charge is 0.432 e. The molecule has 0 saturated heterocycles. The number of hydrogen-bond donors (Lipinski definition) is 1. The van der Waals surface area contributed by atoms with E-state index < -0.39 is 0 Å². The molecule has 1 N–H and O–H groups in total. The van der Waals surface area contributed by atoms with Crippen molar-refractivity contribution in [2.75, 3.05) is 32.5 Å². The van der Waals surface area contributed by atoms with Crippen molar-refractivity contribution in [3.8, 4) is 22.6 Å². The van der Waals surface area contributed by atoms with Gasteiger partial charge in [0.15, 0.2) is 0 Å². The van der Waals surface area contributed by atoms with Crippen LogP contribution < -0.4 is 5.32 Å². The number of nitrogens with one attached hydrogen (secondary N) is 1. The molecule has 27 heavy (non-hydrogen) atoms. The number of hydrogen-bond acceptors (Lipinski definition) is 6. The minimum absolute atomic E-state index is 0.294. The molecule has 0 unspecified atom stereocenters. The lowest BCUT2D eigenvalue weighted by Crippen LogP contribution is -2.21. The Morgan fingerprint density at radius 1 is 1.15 bits per heavy atom. The van der Waals surface area contributed by atoms with Gasteiger partial charge in [-0.25, -0.2) is 14.4 Å². The summed E-state index contributed by atoms with van der Waals surface area (Å²) in [5, 5.41) is 3.22. The fraction of sp³-hybridized carbons (Fsp3) is 0.211. The van der Waals surface area contributed by atoms with Crippen molar-refractivity contribution < 1.29 is 8.81 Å². The summed E-state index contributed by atoms with van der Waals surface area (Å²) in [6, 6.07) is 8.03. The molecule has 3 aromatic heterocycles. The number of anilines is 1. The first-order valence-electron chi connectivity index (χ1n) is 8.55. The van der Waals surface area contributed by atoms with E-state index in [9.17, 15) is 4.39 Å². The molecule has 0 amide bonds. The third-order valence-electron chi connectivity index (χ3n) is 4.12. The number of aromatic nitrogens is 4. The molecule has 0 aliphatic rings. The Bertz CT molecular complexity index is 1050. The molecule has 7 nitrogen and oxygen atoms in total. The van der Waals surface area contributed by atoms with E-state index in [1.807, 2.05) is 24.6 Å². The summed E-state index contributed by atoms with van der Waals surface area (Å²) in [6.07, 6.45) is 5.05. The topological polar surface area (TPSA) is 71.5 Å². The molecular weight excluding hydrogens is 347 g/mol. The van der Waals surface area contributed by atoms with Gasteiger partial charge in [0.05, 0.1) is 5.69 Å². The maximum Gasteiger partial charge on any atom is 0.306 e. The van der Waals surface area contributed by atoms with Crippen LogP contribution in [-0.4, -0.2) is 51.4 Å².